The standard InChI is InChI=1S/C35H46N2O6/c1-25(2)37(35(38)28-14-15-33(41-5)34(19-28)43-17-9-16-39-3)22-29-20-36-21-30(29)24-42-23-26-10-8-11-27(18-26)31-12-6-7-13-32(31)40-4/h6-8,10-15,18-19,25,29-30,36H,9,16-17,20-24H2,1-5H3/t29-,30+/m0/s1. The largest absolute Gasteiger partial charge is 0.496 e. The van der Waals surface area contributed by atoms with Gasteiger partial charge in [-0.15, -0.1) is 0 Å². The van der Waals surface area contributed by atoms with E-state index in [0.29, 0.717) is 56.0 Å². The van der Waals surface area contributed by atoms with Gasteiger partial charge in [-0.2, -0.15) is 0 Å². The van der Waals surface area contributed by atoms with Crippen LogP contribution in [0.1, 0.15) is 36.2 Å². The molecule has 0 spiro atoms. The summed E-state index contributed by atoms with van der Waals surface area (Å²) in [5.74, 6) is 2.60. The first-order valence-electron chi connectivity index (χ1n) is 15.1. The Morgan fingerprint density at radius 3 is 2.44 bits per heavy atom. The highest BCUT2D eigenvalue weighted by Crippen LogP contribution is 2.31. The van der Waals surface area contributed by atoms with Crippen molar-refractivity contribution in [3.8, 4) is 28.4 Å². The number of amides is 1. The minimum atomic E-state index is -0.0147. The zero-order chi connectivity index (χ0) is 30.6. The fourth-order valence-corrected chi connectivity index (χ4v) is 5.49. The minimum absolute atomic E-state index is 0.0147. The van der Waals surface area contributed by atoms with E-state index in [2.05, 4.69) is 49.5 Å². The van der Waals surface area contributed by atoms with Gasteiger partial charge in [-0.05, 0) is 61.2 Å². The molecule has 0 radical (unpaired) electrons. The lowest BCUT2D eigenvalue weighted by atomic mass is 9.95. The first-order valence-corrected chi connectivity index (χ1v) is 15.1. The van der Waals surface area contributed by atoms with Gasteiger partial charge in [0.1, 0.15) is 5.75 Å². The maximum absolute atomic E-state index is 13.8. The molecule has 1 aliphatic rings. The quantitative estimate of drug-likeness (QED) is 0.215. The molecule has 1 heterocycles. The SMILES string of the molecule is COCCCOc1cc(C(=O)N(C[C@@H]2CNC[C@@H]2COCc2cccc(-c3ccccc3OC)c2)C(C)C)ccc1OC. The molecule has 3 aromatic rings. The number of nitrogens with zero attached hydrogens (tertiary/aromatic N) is 1. The normalized spacial score (nSPS) is 16.3. The van der Waals surface area contributed by atoms with E-state index in [-0.39, 0.29) is 17.9 Å². The summed E-state index contributed by atoms with van der Waals surface area (Å²) in [6.07, 6.45) is 0.751. The second-order valence-corrected chi connectivity index (χ2v) is 11.2. The fourth-order valence-electron chi connectivity index (χ4n) is 5.49. The Morgan fingerprint density at radius 2 is 1.67 bits per heavy atom. The molecular formula is C35H46N2O6. The van der Waals surface area contributed by atoms with E-state index in [1.165, 1.54) is 0 Å². The molecule has 1 fully saturated rings. The molecule has 1 N–H and O–H groups in total. The van der Waals surface area contributed by atoms with E-state index in [1.807, 2.05) is 29.2 Å². The van der Waals surface area contributed by atoms with Crippen molar-refractivity contribution in [1.82, 2.24) is 10.2 Å². The van der Waals surface area contributed by atoms with Gasteiger partial charge in [0.25, 0.3) is 5.91 Å². The van der Waals surface area contributed by atoms with Crippen LogP contribution < -0.4 is 19.5 Å². The van der Waals surface area contributed by atoms with E-state index >= 15 is 0 Å². The summed E-state index contributed by atoms with van der Waals surface area (Å²) in [6, 6.07) is 21.9. The molecule has 4 rings (SSSR count). The third-order valence-electron chi connectivity index (χ3n) is 7.90. The number of nitrogens with one attached hydrogen (secondary N) is 1. The third kappa shape index (κ3) is 8.72. The van der Waals surface area contributed by atoms with Crippen LogP contribution in [-0.4, -0.2) is 77.6 Å². The number of carbonyl (C=O) groups excluding carboxylic acids is 1. The van der Waals surface area contributed by atoms with Crippen molar-refractivity contribution in [2.75, 3.05) is 60.8 Å². The molecule has 1 amide bonds. The highest BCUT2D eigenvalue weighted by molar-refractivity contribution is 5.95. The average Bonchev–Trinajstić information content (AvgIpc) is 3.48. The zero-order valence-corrected chi connectivity index (χ0v) is 26.1. The number of hydrogen-bond donors (Lipinski definition) is 1. The van der Waals surface area contributed by atoms with E-state index in [0.717, 1.165) is 42.0 Å². The number of para-hydroxylation sites is 1. The van der Waals surface area contributed by atoms with Crippen LogP contribution in [0.3, 0.4) is 0 Å². The summed E-state index contributed by atoms with van der Waals surface area (Å²) in [5, 5.41) is 3.52. The molecule has 43 heavy (non-hydrogen) atoms. The highest BCUT2D eigenvalue weighted by Gasteiger charge is 2.32. The second kappa shape index (κ2) is 16.3. The Balaban J connectivity index is 1.37. The molecule has 8 nitrogen and oxygen atoms in total. The van der Waals surface area contributed by atoms with E-state index in [9.17, 15) is 4.79 Å². The summed E-state index contributed by atoms with van der Waals surface area (Å²) < 4.78 is 28.3. The number of hydrogen-bond acceptors (Lipinski definition) is 7. The number of rotatable bonds is 16. The van der Waals surface area contributed by atoms with Crippen molar-refractivity contribution in [3.05, 3.63) is 77.9 Å². The van der Waals surface area contributed by atoms with Crippen molar-refractivity contribution < 1.29 is 28.5 Å². The van der Waals surface area contributed by atoms with Gasteiger partial charge in [-0.25, -0.2) is 0 Å². The van der Waals surface area contributed by atoms with Gasteiger partial charge >= 0.3 is 0 Å². The van der Waals surface area contributed by atoms with Crippen LogP contribution in [-0.2, 0) is 16.1 Å². The van der Waals surface area contributed by atoms with Gasteiger partial charge in [-0.1, -0.05) is 36.4 Å². The maximum Gasteiger partial charge on any atom is 0.254 e. The van der Waals surface area contributed by atoms with Gasteiger partial charge in [-0.3, -0.25) is 4.79 Å². The van der Waals surface area contributed by atoms with Gasteiger partial charge in [0.2, 0.25) is 0 Å². The van der Waals surface area contributed by atoms with E-state index in [4.69, 9.17) is 23.7 Å². The van der Waals surface area contributed by atoms with Crippen molar-refractivity contribution in [3.63, 3.8) is 0 Å². The molecule has 3 aromatic carbocycles. The monoisotopic (exact) mass is 590 g/mol. The van der Waals surface area contributed by atoms with Crippen LogP contribution in [0.4, 0.5) is 0 Å². The zero-order valence-electron chi connectivity index (χ0n) is 26.1. The highest BCUT2D eigenvalue weighted by atomic mass is 16.5. The predicted molar refractivity (Wildman–Crippen MR) is 169 cm³/mol. The fraction of sp³-hybridized carbons (Fsp3) is 0.457. The Hall–Kier alpha value is -3.59. The molecular weight excluding hydrogens is 544 g/mol. The molecule has 2 atom stereocenters. The average molecular weight is 591 g/mol. The minimum Gasteiger partial charge on any atom is -0.496 e. The summed E-state index contributed by atoms with van der Waals surface area (Å²) >= 11 is 0. The van der Waals surface area contributed by atoms with Crippen molar-refractivity contribution in [2.45, 2.75) is 32.9 Å². The smallest absolute Gasteiger partial charge is 0.254 e. The molecule has 0 unspecified atom stereocenters. The van der Waals surface area contributed by atoms with Gasteiger partial charge in [0.15, 0.2) is 11.5 Å². The van der Waals surface area contributed by atoms with E-state index in [1.54, 1.807) is 33.5 Å². The molecule has 8 heteroatoms. The van der Waals surface area contributed by atoms with Gasteiger partial charge < -0.3 is 33.9 Å². The van der Waals surface area contributed by atoms with Crippen LogP contribution in [0.15, 0.2) is 66.7 Å². The van der Waals surface area contributed by atoms with Gasteiger partial charge in [0.05, 0.1) is 34.0 Å². The lowest BCUT2D eigenvalue weighted by molar-refractivity contribution is 0.0547. The summed E-state index contributed by atoms with van der Waals surface area (Å²) in [6.45, 7) is 8.73. The lowest BCUT2D eigenvalue weighted by Gasteiger charge is -2.31. The lowest BCUT2D eigenvalue weighted by Crippen LogP contribution is -2.42. The topological polar surface area (TPSA) is 78.5 Å². The summed E-state index contributed by atoms with van der Waals surface area (Å²) in [7, 11) is 4.96. The molecule has 1 aliphatic heterocycles. The Labute approximate surface area is 256 Å². The number of benzene rings is 3. The molecule has 0 bridgehead atoms. The van der Waals surface area contributed by atoms with Crippen LogP contribution in [0.2, 0.25) is 0 Å². The van der Waals surface area contributed by atoms with Crippen LogP contribution in [0, 0.1) is 11.8 Å². The number of methoxy groups -OCH3 is 3. The Morgan fingerprint density at radius 1 is 0.884 bits per heavy atom. The summed E-state index contributed by atoms with van der Waals surface area (Å²) in [5.41, 5.74) is 3.87. The third-order valence-corrected chi connectivity index (χ3v) is 7.90. The van der Waals surface area contributed by atoms with E-state index < -0.39 is 0 Å². The van der Waals surface area contributed by atoms with Crippen LogP contribution in [0.25, 0.3) is 11.1 Å². The van der Waals surface area contributed by atoms with Crippen molar-refractivity contribution >= 4 is 5.91 Å². The maximum atomic E-state index is 13.8. The Bertz CT molecular complexity index is 1310. The molecule has 232 valence electrons. The first-order chi connectivity index (χ1) is 20.9. The van der Waals surface area contributed by atoms with Gasteiger partial charge in [0, 0.05) is 62.9 Å². The molecule has 0 aliphatic carbocycles. The second-order valence-electron chi connectivity index (χ2n) is 11.2. The predicted octanol–water partition coefficient (Wildman–Crippen LogP) is 5.69. The molecule has 0 aromatic heterocycles. The molecule has 0 saturated carbocycles. The van der Waals surface area contributed by atoms with Crippen molar-refractivity contribution in [2.24, 2.45) is 11.8 Å². The first kappa shape index (κ1) is 32.3. The van der Waals surface area contributed by atoms with Crippen LogP contribution >= 0.6 is 0 Å². The Kier molecular flexibility index (Phi) is 12.3. The summed E-state index contributed by atoms with van der Waals surface area (Å²) in [4.78, 5) is 15.7. The molecule has 1 saturated heterocycles. The number of carbonyl (C=O) groups is 1. The number of ether oxygens (including phenoxy) is 5. The van der Waals surface area contributed by atoms with Crippen LogP contribution in [0.5, 0.6) is 17.2 Å². The van der Waals surface area contributed by atoms with Crippen molar-refractivity contribution in [1.29, 1.82) is 0 Å².